The van der Waals surface area contributed by atoms with Crippen LogP contribution in [0.4, 0.5) is 0 Å². The van der Waals surface area contributed by atoms with E-state index in [1.807, 2.05) is 0 Å². The number of carbonyl (C=O) groups excluding carboxylic acids is 1. The van der Waals surface area contributed by atoms with Gasteiger partial charge in [0.1, 0.15) is 0 Å². The minimum Gasteiger partial charge on any atom is -0.481 e. The van der Waals surface area contributed by atoms with Crippen molar-refractivity contribution in [3.63, 3.8) is 0 Å². The van der Waals surface area contributed by atoms with E-state index in [0.29, 0.717) is 6.61 Å². The highest BCUT2D eigenvalue weighted by atomic mass is 32.1. The average molecular weight is 132 g/mol. The summed E-state index contributed by atoms with van der Waals surface area (Å²) < 4.78 is 4.69. The number of ketones is 1. The fourth-order valence-electron chi connectivity index (χ4n) is 0.233. The van der Waals surface area contributed by atoms with Crippen molar-refractivity contribution >= 4 is 23.1 Å². The van der Waals surface area contributed by atoms with Gasteiger partial charge in [-0.1, -0.05) is 0 Å². The Labute approximate surface area is 53.8 Å². The lowest BCUT2D eigenvalue weighted by Gasteiger charge is -1.96. The third kappa shape index (κ3) is 2.69. The van der Waals surface area contributed by atoms with E-state index < -0.39 is 0 Å². The summed E-state index contributed by atoms with van der Waals surface area (Å²) in [5.74, 6) is -0.179. The van der Waals surface area contributed by atoms with Crippen LogP contribution in [-0.4, -0.2) is 17.4 Å². The number of rotatable bonds is 2. The first-order chi connectivity index (χ1) is 3.68. The van der Waals surface area contributed by atoms with Crippen LogP contribution >= 0.6 is 12.2 Å². The Morgan fingerprint density at radius 3 is 2.38 bits per heavy atom. The van der Waals surface area contributed by atoms with Gasteiger partial charge in [-0.3, -0.25) is 4.79 Å². The molecule has 0 aromatic carbocycles. The number of hydrogen-bond acceptors (Lipinski definition) is 3. The summed E-state index contributed by atoms with van der Waals surface area (Å²) in [4.78, 5) is 10.3. The van der Waals surface area contributed by atoms with Gasteiger partial charge >= 0.3 is 0 Å². The molecule has 8 heavy (non-hydrogen) atoms. The number of ether oxygens (including phenoxy) is 1. The van der Waals surface area contributed by atoms with Gasteiger partial charge in [0.15, 0.2) is 0 Å². The Hall–Kier alpha value is -0.440. The second-order valence-corrected chi connectivity index (χ2v) is 1.65. The third-order valence-corrected chi connectivity index (χ3v) is 0.968. The maximum absolute atomic E-state index is 10.3. The Kier molecular flexibility index (Phi) is 3.35. The minimum absolute atomic E-state index is 0.0764. The molecule has 0 N–H and O–H groups in total. The molecular formula is C5H8O2S. The first-order valence-electron chi connectivity index (χ1n) is 2.36. The molecule has 0 aliphatic heterocycles. The van der Waals surface area contributed by atoms with Gasteiger partial charge < -0.3 is 4.74 Å². The predicted octanol–water partition coefficient (Wildman–Crippen LogP) is 0.939. The van der Waals surface area contributed by atoms with Gasteiger partial charge in [-0.2, -0.15) is 0 Å². The van der Waals surface area contributed by atoms with Gasteiger partial charge in [-0.15, -0.1) is 0 Å². The molecular weight excluding hydrogens is 124 g/mol. The van der Waals surface area contributed by atoms with Gasteiger partial charge in [-0.25, -0.2) is 0 Å². The minimum atomic E-state index is -0.179. The maximum Gasteiger partial charge on any atom is 0.227 e. The second-order valence-electron chi connectivity index (χ2n) is 1.28. The molecule has 0 aromatic heterocycles. The van der Waals surface area contributed by atoms with Crippen LogP contribution in [0.25, 0.3) is 0 Å². The summed E-state index contributed by atoms with van der Waals surface area (Å²) in [6.07, 6.45) is 0. The molecule has 0 bridgehead atoms. The summed E-state index contributed by atoms with van der Waals surface area (Å²) in [6.45, 7) is 3.64. The lowest BCUT2D eigenvalue weighted by Crippen LogP contribution is -2.10. The molecule has 0 aliphatic rings. The Morgan fingerprint density at radius 2 is 2.25 bits per heavy atom. The molecule has 0 aliphatic carbocycles. The molecule has 3 heteroatoms. The van der Waals surface area contributed by atoms with Crippen molar-refractivity contribution in [3.8, 4) is 0 Å². The van der Waals surface area contributed by atoms with E-state index in [2.05, 4.69) is 17.0 Å². The predicted molar refractivity (Wildman–Crippen MR) is 34.9 cm³/mol. The number of carbonyl (C=O) groups is 1. The zero-order valence-electron chi connectivity index (χ0n) is 4.93. The Bertz CT molecular complexity index is 109. The van der Waals surface area contributed by atoms with Crippen LogP contribution in [0.15, 0.2) is 0 Å². The molecule has 0 fully saturated rings. The van der Waals surface area contributed by atoms with Crippen molar-refractivity contribution < 1.29 is 9.53 Å². The quantitative estimate of drug-likeness (QED) is 0.523. The molecule has 0 saturated heterocycles. The van der Waals surface area contributed by atoms with Gasteiger partial charge in [0, 0.05) is 6.92 Å². The lowest BCUT2D eigenvalue weighted by molar-refractivity contribution is -0.112. The summed E-state index contributed by atoms with van der Waals surface area (Å²) in [5.41, 5.74) is 0. The van der Waals surface area contributed by atoms with Crippen LogP contribution in [0, 0.1) is 0 Å². The SMILES string of the molecule is CCOC(=S)C(C)=O. The molecule has 0 amide bonds. The molecule has 0 aromatic rings. The molecule has 0 unspecified atom stereocenters. The molecule has 0 radical (unpaired) electrons. The van der Waals surface area contributed by atoms with Crippen LogP contribution in [-0.2, 0) is 9.53 Å². The Morgan fingerprint density at radius 1 is 1.75 bits per heavy atom. The number of thiocarbonyl (C=S) groups is 1. The molecule has 0 spiro atoms. The largest absolute Gasteiger partial charge is 0.481 e. The molecule has 2 nitrogen and oxygen atoms in total. The normalized spacial score (nSPS) is 8.25. The standard InChI is InChI=1S/C5H8O2S/c1-3-7-5(8)4(2)6/h3H2,1-2H3. The highest BCUT2D eigenvalue weighted by molar-refractivity contribution is 7.81. The summed E-state index contributed by atoms with van der Waals surface area (Å²) in [6, 6.07) is 0. The van der Waals surface area contributed by atoms with E-state index in [1.54, 1.807) is 6.92 Å². The average Bonchev–Trinajstić information content (AvgIpc) is 1.67. The van der Waals surface area contributed by atoms with Crippen molar-refractivity contribution in [3.05, 3.63) is 0 Å². The van der Waals surface area contributed by atoms with Crippen molar-refractivity contribution in [1.82, 2.24) is 0 Å². The van der Waals surface area contributed by atoms with E-state index in [1.165, 1.54) is 6.92 Å². The van der Waals surface area contributed by atoms with Crippen molar-refractivity contribution in [2.75, 3.05) is 6.61 Å². The van der Waals surface area contributed by atoms with Gasteiger partial charge in [0.25, 0.3) is 0 Å². The van der Waals surface area contributed by atoms with E-state index in [4.69, 9.17) is 0 Å². The topological polar surface area (TPSA) is 26.3 Å². The molecule has 0 heterocycles. The van der Waals surface area contributed by atoms with Crippen LogP contribution in [0.5, 0.6) is 0 Å². The third-order valence-electron chi connectivity index (χ3n) is 0.563. The van der Waals surface area contributed by atoms with E-state index in [-0.39, 0.29) is 10.8 Å². The first kappa shape index (κ1) is 7.56. The highest BCUT2D eigenvalue weighted by Gasteiger charge is 1.99. The fourth-order valence-corrected chi connectivity index (χ4v) is 0.351. The molecule has 46 valence electrons. The number of hydrogen-bond donors (Lipinski definition) is 0. The van der Waals surface area contributed by atoms with E-state index >= 15 is 0 Å². The fraction of sp³-hybridized carbons (Fsp3) is 0.600. The first-order valence-corrected chi connectivity index (χ1v) is 2.77. The van der Waals surface area contributed by atoms with Crippen LogP contribution in [0.2, 0.25) is 0 Å². The second kappa shape index (κ2) is 3.55. The van der Waals surface area contributed by atoms with Crippen LogP contribution < -0.4 is 0 Å². The smallest absolute Gasteiger partial charge is 0.227 e. The van der Waals surface area contributed by atoms with Gasteiger partial charge in [-0.05, 0) is 19.1 Å². The van der Waals surface area contributed by atoms with E-state index in [9.17, 15) is 4.79 Å². The lowest BCUT2D eigenvalue weighted by atomic mass is 10.5. The summed E-state index contributed by atoms with van der Waals surface area (Å²) in [7, 11) is 0. The van der Waals surface area contributed by atoms with E-state index in [0.717, 1.165) is 0 Å². The summed E-state index contributed by atoms with van der Waals surface area (Å²) >= 11 is 4.51. The summed E-state index contributed by atoms with van der Waals surface area (Å²) in [5, 5.41) is 0.0764. The van der Waals surface area contributed by atoms with Gasteiger partial charge in [0.05, 0.1) is 6.61 Å². The Balaban J connectivity index is 3.49. The van der Waals surface area contributed by atoms with Gasteiger partial charge in [0.2, 0.25) is 10.8 Å². The van der Waals surface area contributed by atoms with Crippen LogP contribution in [0.1, 0.15) is 13.8 Å². The number of Topliss-reactive ketones (excluding diaryl/α,β-unsaturated/α-hetero) is 1. The van der Waals surface area contributed by atoms with Crippen molar-refractivity contribution in [2.24, 2.45) is 0 Å². The zero-order chi connectivity index (χ0) is 6.57. The van der Waals surface area contributed by atoms with Crippen LogP contribution in [0.3, 0.4) is 0 Å². The molecule has 0 rings (SSSR count). The van der Waals surface area contributed by atoms with Crippen molar-refractivity contribution in [1.29, 1.82) is 0 Å². The maximum atomic E-state index is 10.3. The molecule has 0 saturated carbocycles. The van der Waals surface area contributed by atoms with Crippen molar-refractivity contribution in [2.45, 2.75) is 13.8 Å². The molecule has 0 atom stereocenters. The monoisotopic (exact) mass is 132 g/mol. The highest BCUT2D eigenvalue weighted by Crippen LogP contribution is 1.82. The zero-order valence-corrected chi connectivity index (χ0v) is 5.75.